The van der Waals surface area contributed by atoms with E-state index in [1.807, 2.05) is 38.1 Å². The quantitative estimate of drug-likeness (QED) is 0.609. The predicted octanol–water partition coefficient (Wildman–Crippen LogP) is 4.26. The Morgan fingerprint density at radius 3 is 2.24 bits per heavy atom. The van der Waals surface area contributed by atoms with E-state index < -0.39 is 18.0 Å². The van der Waals surface area contributed by atoms with E-state index >= 15 is 0 Å². The molecular formula is C27H32N2O5. The van der Waals surface area contributed by atoms with Gasteiger partial charge in [-0.2, -0.15) is 0 Å². The van der Waals surface area contributed by atoms with Crippen LogP contribution in [0, 0.1) is 11.8 Å². The van der Waals surface area contributed by atoms with Gasteiger partial charge in [-0.25, -0.2) is 4.79 Å². The molecule has 2 aromatic rings. The van der Waals surface area contributed by atoms with Gasteiger partial charge in [0.1, 0.15) is 6.61 Å². The van der Waals surface area contributed by atoms with Crippen LogP contribution in [-0.2, 0) is 14.3 Å². The van der Waals surface area contributed by atoms with Crippen LogP contribution in [0.3, 0.4) is 0 Å². The molecule has 34 heavy (non-hydrogen) atoms. The maximum atomic E-state index is 12.6. The Morgan fingerprint density at radius 1 is 1.06 bits per heavy atom. The molecule has 1 aliphatic carbocycles. The number of carboxylic acid groups (broad SMARTS) is 1. The van der Waals surface area contributed by atoms with E-state index in [0.29, 0.717) is 19.4 Å². The second-order valence-electron chi connectivity index (χ2n) is 9.33. The fraction of sp³-hybridized carbons (Fsp3) is 0.444. The molecule has 2 aromatic carbocycles. The van der Waals surface area contributed by atoms with Crippen molar-refractivity contribution in [1.82, 2.24) is 10.2 Å². The molecule has 0 radical (unpaired) electrons. The third-order valence-corrected chi connectivity index (χ3v) is 7.15. The molecule has 7 heteroatoms. The average Bonchev–Trinajstić information content (AvgIpc) is 3.38. The number of hydrogen-bond donors (Lipinski definition) is 2. The predicted molar refractivity (Wildman–Crippen MR) is 128 cm³/mol. The zero-order valence-electron chi connectivity index (χ0n) is 19.7. The summed E-state index contributed by atoms with van der Waals surface area (Å²) >= 11 is 0. The number of carbonyl (C=O) groups excluding carboxylic acids is 2. The number of carboxylic acids is 1. The summed E-state index contributed by atoms with van der Waals surface area (Å²) in [5.41, 5.74) is 4.68. The van der Waals surface area contributed by atoms with Crippen LogP contribution in [-0.4, -0.2) is 53.7 Å². The smallest absolute Gasteiger partial charge is 0.407 e. The lowest BCUT2D eigenvalue weighted by Gasteiger charge is -2.20. The fourth-order valence-electron chi connectivity index (χ4n) is 5.13. The molecule has 1 saturated heterocycles. The number of carbonyl (C=O) groups is 3. The van der Waals surface area contributed by atoms with Crippen molar-refractivity contribution in [2.24, 2.45) is 11.8 Å². The van der Waals surface area contributed by atoms with Crippen LogP contribution >= 0.6 is 0 Å². The fourth-order valence-corrected chi connectivity index (χ4v) is 5.13. The van der Waals surface area contributed by atoms with Gasteiger partial charge in [-0.1, -0.05) is 62.4 Å². The summed E-state index contributed by atoms with van der Waals surface area (Å²) in [5.74, 6) is -1.49. The summed E-state index contributed by atoms with van der Waals surface area (Å²) in [6.45, 7) is 4.78. The SMILES string of the molecule is CCC(CCC(=O)N1C[C@@H](C)[C@H](C(=O)O)C1)NC(=O)OCC1c2ccccc2-c2ccccc21. The Balaban J connectivity index is 1.28. The Morgan fingerprint density at radius 2 is 1.68 bits per heavy atom. The second-order valence-corrected chi connectivity index (χ2v) is 9.33. The maximum Gasteiger partial charge on any atom is 0.407 e. The van der Waals surface area contributed by atoms with Crippen LogP contribution < -0.4 is 5.32 Å². The lowest BCUT2D eigenvalue weighted by Crippen LogP contribution is -2.37. The van der Waals surface area contributed by atoms with Gasteiger partial charge in [0.25, 0.3) is 0 Å². The molecule has 0 bridgehead atoms. The molecular weight excluding hydrogens is 432 g/mol. The van der Waals surface area contributed by atoms with E-state index in [2.05, 4.69) is 29.6 Å². The van der Waals surface area contributed by atoms with Gasteiger partial charge in [-0.3, -0.25) is 9.59 Å². The van der Waals surface area contributed by atoms with Crippen molar-refractivity contribution in [1.29, 1.82) is 0 Å². The van der Waals surface area contributed by atoms with Gasteiger partial charge in [0.2, 0.25) is 5.91 Å². The number of benzene rings is 2. The standard InChI is InChI=1S/C27H32N2O5/c1-3-18(12-13-25(30)29-14-17(2)23(15-29)26(31)32)28-27(33)34-16-24-21-10-6-4-8-19(21)20-9-5-7-11-22(20)24/h4-11,17-18,23-24H,3,12-16H2,1-2H3,(H,28,33)(H,31,32)/t17-,18?,23-/m1/s1. The third kappa shape index (κ3) is 4.93. The lowest BCUT2D eigenvalue weighted by molar-refractivity contribution is -0.142. The first kappa shape index (κ1) is 23.8. The maximum absolute atomic E-state index is 12.6. The van der Waals surface area contributed by atoms with Crippen molar-refractivity contribution < 1.29 is 24.2 Å². The van der Waals surface area contributed by atoms with Crippen LogP contribution in [0.15, 0.2) is 48.5 Å². The van der Waals surface area contributed by atoms with E-state index in [-0.39, 0.29) is 43.4 Å². The number of likely N-dealkylation sites (tertiary alicyclic amines) is 1. The van der Waals surface area contributed by atoms with Gasteiger partial charge in [-0.15, -0.1) is 0 Å². The molecule has 1 heterocycles. The summed E-state index contributed by atoms with van der Waals surface area (Å²) in [6.07, 6.45) is 0.941. The van der Waals surface area contributed by atoms with Crippen molar-refractivity contribution in [3.05, 3.63) is 59.7 Å². The van der Waals surface area contributed by atoms with E-state index in [1.54, 1.807) is 4.90 Å². The van der Waals surface area contributed by atoms with Gasteiger partial charge in [-0.05, 0) is 41.0 Å². The number of nitrogens with one attached hydrogen (secondary N) is 1. The highest BCUT2D eigenvalue weighted by atomic mass is 16.5. The van der Waals surface area contributed by atoms with Crippen molar-refractivity contribution in [2.75, 3.05) is 19.7 Å². The molecule has 0 spiro atoms. The minimum Gasteiger partial charge on any atom is -0.481 e. The number of rotatable bonds is 8. The summed E-state index contributed by atoms with van der Waals surface area (Å²) in [6, 6.07) is 16.2. The molecule has 180 valence electrons. The summed E-state index contributed by atoms with van der Waals surface area (Å²) < 4.78 is 5.62. The minimum atomic E-state index is -0.855. The first-order valence-electron chi connectivity index (χ1n) is 12.0. The highest BCUT2D eigenvalue weighted by Gasteiger charge is 2.36. The number of amides is 2. The molecule has 2 amide bonds. The van der Waals surface area contributed by atoms with Crippen LogP contribution in [0.2, 0.25) is 0 Å². The molecule has 1 unspecified atom stereocenters. The van der Waals surface area contributed by atoms with Crippen LogP contribution in [0.25, 0.3) is 11.1 Å². The van der Waals surface area contributed by atoms with Gasteiger partial charge in [0.05, 0.1) is 5.92 Å². The normalized spacial score (nSPS) is 19.9. The molecule has 7 nitrogen and oxygen atoms in total. The zero-order chi connectivity index (χ0) is 24.2. The average molecular weight is 465 g/mol. The molecule has 0 saturated carbocycles. The van der Waals surface area contributed by atoms with Gasteiger partial charge < -0.3 is 20.1 Å². The van der Waals surface area contributed by atoms with E-state index in [1.165, 1.54) is 11.1 Å². The summed E-state index contributed by atoms with van der Waals surface area (Å²) in [7, 11) is 0. The van der Waals surface area contributed by atoms with Crippen LogP contribution in [0.1, 0.15) is 50.2 Å². The topological polar surface area (TPSA) is 95.9 Å². The van der Waals surface area contributed by atoms with Gasteiger partial charge in [0.15, 0.2) is 0 Å². The first-order valence-corrected chi connectivity index (χ1v) is 12.0. The lowest BCUT2D eigenvalue weighted by atomic mass is 9.98. The van der Waals surface area contributed by atoms with E-state index in [4.69, 9.17) is 4.74 Å². The second kappa shape index (κ2) is 10.3. The molecule has 1 fully saturated rings. The zero-order valence-corrected chi connectivity index (χ0v) is 19.7. The van der Waals surface area contributed by atoms with Crippen molar-refractivity contribution >= 4 is 18.0 Å². The highest BCUT2D eigenvalue weighted by molar-refractivity contribution is 5.80. The molecule has 2 aliphatic rings. The molecule has 1 aliphatic heterocycles. The highest BCUT2D eigenvalue weighted by Crippen LogP contribution is 2.44. The molecule has 0 aromatic heterocycles. The number of ether oxygens (including phenoxy) is 1. The molecule has 3 atom stereocenters. The summed E-state index contributed by atoms with van der Waals surface area (Å²) in [4.78, 5) is 38.1. The Hall–Kier alpha value is -3.35. The van der Waals surface area contributed by atoms with Gasteiger partial charge in [0, 0.05) is 31.5 Å². The van der Waals surface area contributed by atoms with E-state index in [0.717, 1.165) is 11.1 Å². The van der Waals surface area contributed by atoms with Crippen molar-refractivity contribution in [3.8, 4) is 11.1 Å². The first-order chi connectivity index (χ1) is 16.4. The monoisotopic (exact) mass is 464 g/mol. The van der Waals surface area contributed by atoms with Crippen molar-refractivity contribution in [2.45, 2.75) is 45.1 Å². The van der Waals surface area contributed by atoms with Crippen LogP contribution in [0.5, 0.6) is 0 Å². The minimum absolute atomic E-state index is 0.000795. The summed E-state index contributed by atoms with van der Waals surface area (Å²) in [5, 5.41) is 12.2. The largest absolute Gasteiger partial charge is 0.481 e. The number of nitrogens with zero attached hydrogens (tertiary/aromatic N) is 1. The third-order valence-electron chi connectivity index (χ3n) is 7.15. The molecule has 2 N–H and O–H groups in total. The number of fused-ring (bicyclic) bond motifs is 3. The van der Waals surface area contributed by atoms with Crippen molar-refractivity contribution in [3.63, 3.8) is 0 Å². The van der Waals surface area contributed by atoms with E-state index in [9.17, 15) is 19.5 Å². The Kier molecular flexibility index (Phi) is 7.20. The number of alkyl carbamates (subject to hydrolysis) is 1. The Bertz CT molecular complexity index is 1020. The number of aliphatic carboxylic acids is 1. The van der Waals surface area contributed by atoms with Crippen LogP contribution in [0.4, 0.5) is 4.79 Å². The molecule has 4 rings (SSSR count). The number of hydrogen-bond acceptors (Lipinski definition) is 4. The Labute approximate surface area is 200 Å². The van der Waals surface area contributed by atoms with Gasteiger partial charge >= 0.3 is 12.1 Å².